The van der Waals surface area contributed by atoms with Crippen molar-refractivity contribution in [2.45, 2.75) is 27.3 Å². The van der Waals surface area contributed by atoms with Gasteiger partial charge in [0, 0.05) is 42.6 Å². The van der Waals surface area contributed by atoms with E-state index in [1.54, 1.807) is 6.92 Å². The van der Waals surface area contributed by atoms with Crippen LogP contribution >= 0.6 is 22.9 Å². The van der Waals surface area contributed by atoms with Crippen LogP contribution in [0.5, 0.6) is 0 Å². The predicted octanol–water partition coefficient (Wildman–Crippen LogP) is 3.95. The Morgan fingerprint density at radius 2 is 1.80 bits per heavy atom. The number of aryl methyl sites for hydroxylation is 1. The number of carbonyl (C=O) groups is 2. The van der Waals surface area contributed by atoms with Gasteiger partial charge in [-0.2, -0.15) is 0 Å². The molecule has 0 radical (unpaired) electrons. The third kappa shape index (κ3) is 5.60. The first-order chi connectivity index (χ1) is 14.4. The van der Waals surface area contributed by atoms with Gasteiger partial charge < -0.3 is 10.1 Å². The van der Waals surface area contributed by atoms with Gasteiger partial charge in [-0.05, 0) is 38.0 Å². The Balaban J connectivity index is 1.53. The van der Waals surface area contributed by atoms with Crippen molar-refractivity contribution in [1.29, 1.82) is 0 Å². The summed E-state index contributed by atoms with van der Waals surface area (Å²) in [5, 5.41) is 4.29. The average Bonchev–Trinajstić information content (AvgIpc) is 2.98. The van der Waals surface area contributed by atoms with Crippen LogP contribution < -0.4 is 5.32 Å². The summed E-state index contributed by atoms with van der Waals surface area (Å²) in [5.41, 5.74) is 2.46. The lowest BCUT2D eigenvalue weighted by Crippen LogP contribution is -2.48. The number of hydrogen-bond acceptors (Lipinski definition) is 6. The van der Waals surface area contributed by atoms with E-state index in [2.05, 4.69) is 15.1 Å². The highest BCUT2D eigenvalue weighted by atomic mass is 35.5. The summed E-state index contributed by atoms with van der Waals surface area (Å²) in [6.45, 7) is 10.4. The summed E-state index contributed by atoms with van der Waals surface area (Å²) < 4.78 is 5.15. The number of nitrogens with one attached hydrogen (secondary N) is 1. The van der Waals surface area contributed by atoms with Gasteiger partial charge in [0.05, 0.1) is 18.7 Å². The Labute approximate surface area is 186 Å². The lowest BCUT2D eigenvalue weighted by molar-refractivity contribution is -0.117. The van der Waals surface area contributed by atoms with Crippen LogP contribution in [0.3, 0.4) is 0 Å². The number of rotatable bonds is 7. The summed E-state index contributed by atoms with van der Waals surface area (Å²) in [4.78, 5) is 30.4. The lowest BCUT2D eigenvalue weighted by atomic mass is 10.1. The van der Waals surface area contributed by atoms with Gasteiger partial charge in [0.25, 0.3) is 0 Å². The van der Waals surface area contributed by atoms with Crippen LogP contribution in [0.2, 0.25) is 5.02 Å². The van der Waals surface area contributed by atoms with Crippen molar-refractivity contribution in [1.82, 2.24) is 9.80 Å². The van der Waals surface area contributed by atoms with Crippen LogP contribution in [0.25, 0.3) is 0 Å². The van der Waals surface area contributed by atoms with E-state index in [0.717, 1.165) is 53.8 Å². The van der Waals surface area contributed by atoms with E-state index in [1.807, 2.05) is 38.1 Å². The second-order valence-corrected chi connectivity index (χ2v) is 9.03. The molecule has 0 aliphatic carbocycles. The molecule has 0 bridgehead atoms. The number of esters is 1. The molecule has 1 N–H and O–H groups in total. The fourth-order valence-electron chi connectivity index (χ4n) is 3.51. The zero-order chi connectivity index (χ0) is 21.7. The van der Waals surface area contributed by atoms with Crippen molar-refractivity contribution in [2.75, 3.05) is 44.6 Å². The van der Waals surface area contributed by atoms with E-state index in [4.69, 9.17) is 16.3 Å². The molecule has 162 valence electrons. The van der Waals surface area contributed by atoms with Crippen LogP contribution in [0.1, 0.15) is 33.3 Å². The van der Waals surface area contributed by atoms with Gasteiger partial charge in [0.15, 0.2) is 0 Å². The largest absolute Gasteiger partial charge is 0.462 e. The minimum absolute atomic E-state index is 0.110. The van der Waals surface area contributed by atoms with Gasteiger partial charge >= 0.3 is 5.97 Å². The second-order valence-electron chi connectivity index (χ2n) is 7.40. The minimum Gasteiger partial charge on any atom is -0.462 e. The van der Waals surface area contributed by atoms with Crippen LogP contribution in [-0.4, -0.2) is 61.0 Å². The number of thiophene rings is 1. The summed E-state index contributed by atoms with van der Waals surface area (Å²) in [6.07, 6.45) is 0. The molecule has 1 saturated heterocycles. The highest BCUT2D eigenvalue weighted by Crippen LogP contribution is 2.33. The molecule has 0 saturated carbocycles. The molecule has 1 aromatic heterocycles. The van der Waals surface area contributed by atoms with Crippen LogP contribution in [-0.2, 0) is 16.1 Å². The molecule has 8 heteroatoms. The van der Waals surface area contributed by atoms with Gasteiger partial charge in [0.1, 0.15) is 5.00 Å². The molecule has 1 aromatic carbocycles. The van der Waals surface area contributed by atoms with Crippen molar-refractivity contribution < 1.29 is 14.3 Å². The number of halogens is 1. The van der Waals surface area contributed by atoms with Crippen LogP contribution in [0.4, 0.5) is 5.00 Å². The van der Waals surface area contributed by atoms with E-state index in [1.165, 1.54) is 11.3 Å². The van der Waals surface area contributed by atoms with Crippen molar-refractivity contribution in [3.63, 3.8) is 0 Å². The molecule has 0 spiro atoms. The third-order valence-corrected chi connectivity index (χ3v) is 6.79. The zero-order valence-electron chi connectivity index (χ0n) is 17.7. The number of amides is 1. The van der Waals surface area contributed by atoms with Gasteiger partial charge in [0.2, 0.25) is 5.91 Å². The number of hydrogen-bond donors (Lipinski definition) is 1. The SMILES string of the molecule is CCOC(=O)c1c(NC(=O)CN2CCN(Cc3ccccc3Cl)CC2)sc(C)c1C. The molecule has 6 nitrogen and oxygen atoms in total. The number of anilines is 1. The highest BCUT2D eigenvalue weighted by Gasteiger charge is 2.24. The molecule has 1 aliphatic heterocycles. The first-order valence-corrected chi connectivity index (χ1v) is 11.3. The Kier molecular flexibility index (Phi) is 7.88. The normalized spacial score (nSPS) is 15.2. The number of piperazine rings is 1. The van der Waals surface area contributed by atoms with E-state index in [9.17, 15) is 9.59 Å². The lowest BCUT2D eigenvalue weighted by Gasteiger charge is -2.34. The molecule has 0 unspecified atom stereocenters. The molecule has 1 aliphatic rings. The fraction of sp³-hybridized carbons (Fsp3) is 0.455. The molecule has 1 amide bonds. The van der Waals surface area contributed by atoms with Gasteiger partial charge in [-0.1, -0.05) is 29.8 Å². The number of benzene rings is 1. The summed E-state index contributed by atoms with van der Waals surface area (Å²) in [6, 6.07) is 7.90. The maximum Gasteiger partial charge on any atom is 0.341 e. The van der Waals surface area contributed by atoms with E-state index >= 15 is 0 Å². The Morgan fingerprint density at radius 3 is 2.47 bits per heavy atom. The van der Waals surface area contributed by atoms with Crippen molar-refractivity contribution in [2.24, 2.45) is 0 Å². The quantitative estimate of drug-likeness (QED) is 0.648. The minimum atomic E-state index is -0.386. The van der Waals surface area contributed by atoms with Crippen molar-refractivity contribution in [3.05, 3.63) is 50.9 Å². The molecule has 30 heavy (non-hydrogen) atoms. The van der Waals surface area contributed by atoms with Crippen molar-refractivity contribution >= 4 is 39.8 Å². The van der Waals surface area contributed by atoms with Gasteiger partial charge in [-0.3, -0.25) is 14.6 Å². The van der Waals surface area contributed by atoms with E-state index < -0.39 is 0 Å². The Morgan fingerprint density at radius 1 is 1.13 bits per heavy atom. The maximum absolute atomic E-state index is 12.6. The molecule has 2 aromatic rings. The summed E-state index contributed by atoms with van der Waals surface area (Å²) >= 11 is 7.68. The standard InChI is InChI=1S/C22H28ClN3O3S/c1-4-29-22(28)20-15(2)16(3)30-21(20)24-19(27)14-26-11-9-25(10-12-26)13-17-7-5-6-8-18(17)23/h5-8H,4,9-14H2,1-3H3,(H,24,27). The topological polar surface area (TPSA) is 61.9 Å². The fourth-order valence-corrected chi connectivity index (χ4v) is 4.77. The maximum atomic E-state index is 12.6. The predicted molar refractivity (Wildman–Crippen MR) is 122 cm³/mol. The average molecular weight is 450 g/mol. The Bertz CT molecular complexity index is 907. The second kappa shape index (κ2) is 10.4. The van der Waals surface area contributed by atoms with E-state index in [-0.39, 0.29) is 11.9 Å². The number of carbonyl (C=O) groups excluding carboxylic acids is 2. The highest BCUT2D eigenvalue weighted by molar-refractivity contribution is 7.16. The smallest absolute Gasteiger partial charge is 0.341 e. The molecule has 2 heterocycles. The number of nitrogens with zero attached hydrogens (tertiary/aromatic N) is 2. The summed E-state index contributed by atoms with van der Waals surface area (Å²) in [5.74, 6) is -0.496. The van der Waals surface area contributed by atoms with Crippen LogP contribution in [0, 0.1) is 13.8 Å². The van der Waals surface area contributed by atoms with Crippen molar-refractivity contribution in [3.8, 4) is 0 Å². The first kappa shape index (κ1) is 22.7. The Hall–Kier alpha value is -1.93. The summed E-state index contributed by atoms with van der Waals surface area (Å²) in [7, 11) is 0. The van der Waals surface area contributed by atoms with E-state index in [0.29, 0.717) is 23.7 Å². The molecular formula is C22H28ClN3O3S. The molecule has 1 fully saturated rings. The molecule has 0 atom stereocenters. The van der Waals surface area contributed by atoms with Gasteiger partial charge in [-0.25, -0.2) is 4.79 Å². The third-order valence-electron chi connectivity index (χ3n) is 5.30. The zero-order valence-corrected chi connectivity index (χ0v) is 19.2. The van der Waals surface area contributed by atoms with Gasteiger partial charge in [-0.15, -0.1) is 11.3 Å². The molecule has 3 rings (SSSR count). The van der Waals surface area contributed by atoms with Crippen LogP contribution in [0.15, 0.2) is 24.3 Å². The monoisotopic (exact) mass is 449 g/mol. The first-order valence-electron chi connectivity index (χ1n) is 10.1. The molecular weight excluding hydrogens is 422 g/mol. The number of ether oxygens (including phenoxy) is 1.